The summed E-state index contributed by atoms with van der Waals surface area (Å²) in [6.07, 6.45) is 2.43. The van der Waals surface area contributed by atoms with Crippen LogP contribution in [-0.4, -0.2) is 35.6 Å². The van der Waals surface area contributed by atoms with E-state index in [0.717, 1.165) is 12.0 Å². The lowest BCUT2D eigenvalue weighted by Crippen LogP contribution is -2.65. The molecule has 5 atom stereocenters. The maximum absolute atomic E-state index is 13.7. The first-order valence-corrected chi connectivity index (χ1v) is 11.3. The summed E-state index contributed by atoms with van der Waals surface area (Å²) in [6.45, 7) is 0.599. The van der Waals surface area contributed by atoms with Gasteiger partial charge in [0.2, 0.25) is 11.8 Å². The zero-order valence-electron chi connectivity index (χ0n) is 17.8. The van der Waals surface area contributed by atoms with Gasteiger partial charge in [0.25, 0.3) is 0 Å². The molecule has 7 nitrogen and oxygen atoms in total. The molecule has 2 saturated heterocycles. The molecule has 2 aliphatic heterocycles. The average molecular weight is 438 g/mol. The van der Waals surface area contributed by atoms with Gasteiger partial charge in [0.05, 0.1) is 12.0 Å². The molecule has 32 heavy (non-hydrogen) atoms. The van der Waals surface area contributed by atoms with Crippen LogP contribution in [0.15, 0.2) is 54.6 Å². The number of rotatable bonds is 5. The fraction of sp³-hybridized carbons (Fsp3) is 0.417. The van der Waals surface area contributed by atoms with Crippen molar-refractivity contribution in [3.8, 4) is 0 Å². The maximum Gasteiger partial charge on any atom is 0.226 e. The van der Waals surface area contributed by atoms with E-state index in [9.17, 15) is 14.0 Å². The van der Waals surface area contributed by atoms with Crippen LogP contribution >= 0.6 is 0 Å². The van der Waals surface area contributed by atoms with Gasteiger partial charge in [-0.05, 0) is 48.9 Å². The molecule has 0 aromatic heterocycles. The molecule has 168 valence electrons. The Morgan fingerprint density at radius 1 is 1.12 bits per heavy atom. The average Bonchev–Trinajstić information content (AvgIpc) is 3.23. The summed E-state index contributed by atoms with van der Waals surface area (Å²) in [7, 11) is 0. The molecule has 1 saturated carbocycles. The first-order valence-electron chi connectivity index (χ1n) is 11.3. The molecule has 2 aromatic carbocycles. The number of carbonyl (C=O) groups is 2. The van der Waals surface area contributed by atoms with E-state index in [1.165, 1.54) is 17.7 Å². The van der Waals surface area contributed by atoms with Gasteiger partial charge in [-0.15, -0.1) is 0 Å². The van der Waals surface area contributed by atoms with Crippen LogP contribution in [0.4, 0.5) is 4.39 Å². The Morgan fingerprint density at radius 2 is 1.97 bits per heavy atom. The van der Waals surface area contributed by atoms with E-state index in [2.05, 4.69) is 33.7 Å². The number of hydrogen-bond donors (Lipinski definition) is 4. The first kappa shape index (κ1) is 21.1. The van der Waals surface area contributed by atoms with Gasteiger partial charge in [-0.2, -0.15) is 5.53 Å². The van der Waals surface area contributed by atoms with Crippen LogP contribution < -0.4 is 21.6 Å². The lowest BCUT2D eigenvalue weighted by Gasteiger charge is -2.46. The minimum atomic E-state index is -0.342. The van der Waals surface area contributed by atoms with Crippen molar-refractivity contribution < 1.29 is 14.0 Å². The van der Waals surface area contributed by atoms with Gasteiger partial charge in [0.1, 0.15) is 12.0 Å². The van der Waals surface area contributed by atoms with Crippen molar-refractivity contribution >= 4 is 11.8 Å². The molecule has 0 radical (unpaired) electrons. The summed E-state index contributed by atoms with van der Waals surface area (Å²) in [4.78, 5) is 25.7. The van der Waals surface area contributed by atoms with Crippen LogP contribution in [0.25, 0.3) is 0 Å². The molecule has 1 aliphatic carbocycles. The van der Waals surface area contributed by atoms with Gasteiger partial charge in [-0.1, -0.05) is 42.5 Å². The van der Waals surface area contributed by atoms with Crippen LogP contribution in [0.1, 0.15) is 36.4 Å². The summed E-state index contributed by atoms with van der Waals surface area (Å²) < 4.78 is 13.7. The number of hydrazine groups is 2. The number of carbonyl (C=O) groups excluding carboxylic acids is 2. The van der Waals surface area contributed by atoms with E-state index >= 15 is 0 Å². The third-order valence-corrected chi connectivity index (χ3v) is 6.90. The van der Waals surface area contributed by atoms with Gasteiger partial charge < -0.3 is 10.6 Å². The smallest absolute Gasteiger partial charge is 0.226 e. The zero-order chi connectivity index (χ0) is 22.1. The Kier molecular flexibility index (Phi) is 5.91. The molecule has 2 amide bonds. The lowest BCUT2D eigenvalue weighted by molar-refractivity contribution is -0.143. The highest BCUT2D eigenvalue weighted by Crippen LogP contribution is 2.38. The van der Waals surface area contributed by atoms with E-state index in [0.29, 0.717) is 25.8 Å². The minimum Gasteiger partial charge on any atom is -0.356 e. The molecule has 0 spiro atoms. The number of amides is 2. The Balaban J connectivity index is 1.23. The molecule has 0 bridgehead atoms. The summed E-state index contributed by atoms with van der Waals surface area (Å²) in [5.74, 6) is -0.553. The number of nitrogens with one attached hydrogen (secondary N) is 4. The van der Waals surface area contributed by atoms with Crippen LogP contribution in [0.5, 0.6) is 0 Å². The highest BCUT2D eigenvalue weighted by atomic mass is 19.1. The van der Waals surface area contributed by atoms with Crippen LogP contribution in [0.3, 0.4) is 0 Å². The lowest BCUT2D eigenvalue weighted by atomic mass is 9.75. The third-order valence-electron chi connectivity index (χ3n) is 6.90. The van der Waals surface area contributed by atoms with Crippen molar-refractivity contribution in [1.82, 2.24) is 26.6 Å². The Labute approximate surface area is 186 Å². The zero-order valence-corrected chi connectivity index (χ0v) is 17.8. The Hall–Kier alpha value is -2.81. The molecule has 2 heterocycles. The highest BCUT2D eigenvalue weighted by Gasteiger charge is 2.51. The van der Waals surface area contributed by atoms with Crippen molar-refractivity contribution in [3.05, 3.63) is 71.5 Å². The second kappa shape index (κ2) is 8.97. The predicted octanol–water partition coefficient (Wildman–Crippen LogP) is 1.79. The number of fused-ring (bicyclic) bond motifs is 3. The quantitative estimate of drug-likeness (QED) is 0.573. The SMILES string of the molecule is O=C(NCCc1ccccc1)C1CCC2C(=O)NC3C(c4cccc(F)c4)NNN3C2C1. The maximum atomic E-state index is 13.7. The standard InChI is InChI=1S/C24H28FN5O2/c25-18-8-4-7-16(13-18)21-22-27-24(32)19-10-9-17(14-20(19)30(22)29-28-21)23(31)26-12-11-15-5-2-1-3-6-15/h1-8,13,17,19-22,28-29H,9-12,14H2,(H,26,31)(H,27,32). The molecular weight excluding hydrogens is 409 g/mol. The van der Waals surface area contributed by atoms with Crippen molar-refractivity contribution in [2.24, 2.45) is 11.8 Å². The monoisotopic (exact) mass is 437 g/mol. The fourth-order valence-corrected chi connectivity index (χ4v) is 5.23. The third kappa shape index (κ3) is 4.13. The molecule has 3 fully saturated rings. The second-order valence-electron chi connectivity index (χ2n) is 8.86. The van der Waals surface area contributed by atoms with Crippen molar-refractivity contribution in [2.75, 3.05) is 6.54 Å². The Morgan fingerprint density at radius 3 is 2.78 bits per heavy atom. The first-order chi connectivity index (χ1) is 15.6. The molecule has 8 heteroatoms. The summed E-state index contributed by atoms with van der Waals surface area (Å²) in [5, 5.41) is 8.16. The molecule has 4 N–H and O–H groups in total. The predicted molar refractivity (Wildman–Crippen MR) is 117 cm³/mol. The highest BCUT2D eigenvalue weighted by molar-refractivity contribution is 5.83. The van der Waals surface area contributed by atoms with Gasteiger partial charge in [0.15, 0.2) is 0 Å². The fourth-order valence-electron chi connectivity index (χ4n) is 5.23. The summed E-state index contributed by atoms with van der Waals surface area (Å²) >= 11 is 0. The van der Waals surface area contributed by atoms with E-state index in [1.54, 1.807) is 6.07 Å². The van der Waals surface area contributed by atoms with Gasteiger partial charge in [-0.25, -0.2) is 14.8 Å². The number of hydrogen-bond acceptors (Lipinski definition) is 5. The second-order valence-corrected chi connectivity index (χ2v) is 8.86. The molecular formula is C24H28FN5O2. The van der Waals surface area contributed by atoms with E-state index < -0.39 is 0 Å². The summed E-state index contributed by atoms with van der Waals surface area (Å²) in [5.41, 5.74) is 8.32. The van der Waals surface area contributed by atoms with Crippen LogP contribution in [0, 0.1) is 17.7 Å². The number of benzene rings is 2. The van der Waals surface area contributed by atoms with Gasteiger partial charge in [-0.3, -0.25) is 9.59 Å². The van der Waals surface area contributed by atoms with Gasteiger partial charge in [0, 0.05) is 18.5 Å². The molecule has 2 aromatic rings. The summed E-state index contributed by atoms with van der Waals surface area (Å²) in [6, 6.07) is 16.1. The topological polar surface area (TPSA) is 85.5 Å². The van der Waals surface area contributed by atoms with Crippen LogP contribution in [0.2, 0.25) is 0 Å². The number of nitrogens with zero attached hydrogens (tertiary/aromatic N) is 1. The number of halogens is 1. The molecule has 5 rings (SSSR count). The largest absolute Gasteiger partial charge is 0.356 e. The van der Waals surface area contributed by atoms with Crippen molar-refractivity contribution in [3.63, 3.8) is 0 Å². The Bertz CT molecular complexity index is 987. The van der Waals surface area contributed by atoms with E-state index in [-0.39, 0.29) is 47.7 Å². The van der Waals surface area contributed by atoms with E-state index in [4.69, 9.17) is 0 Å². The molecule has 5 unspecified atom stereocenters. The molecule has 3 aliphatic rings. The van der Waals surface area contributed by atoms with Crippen molar-refractivity contribution in [1.29, 1.82) is 0 Å². The van der Waals surface area contributed by atoms with E-state index in [1.807, 2.05) is 29.3 Å². The van der Waals surface area contributed by atoms with Crippen molar-refractivity contribution in [2.45, 2.75) is 43.9 Å². The van der Waals surface area contributed by atoms with Gasteiger partial charge >= 0.3 is 0 Å². The van der Waals surface area contributed by atoms with Crippen LogP contribution in [-0.2, 0) is 16.0 Å². The normalized spacial score (nSPS) is 29.7. The minimum absolute atomic E-state index is 0.00564.